The Hall–Kier alpha value is -10.2. The van der Waals surface area contributed by atoms with Crippen molar-refractivity contribution in [2.24, 2.45) is 5.41 Å². The first-order valence-corrected chi connectivity index (χ1v) is 39.2. The predicted octanol–water partition coefficient (Wildman–Crippen LogP) is 16.6. The zero-order valence-corrected chi connectivity index (χ0v) is 62.1. The topological polar surface area (TPSA) is 207 Å². The van der Waals surface area contributed by atoms with E-state index < -0.39 is 61.2 Å². The summed E-state index contributed by atoms with van der Waals surface area (Å²) in [5, 5.41) is 6.85. The molecule has 21 heteroatoms. The molecule has 7 heterocycles. The molecule has 98 heavy (non-hydrogen) atoms. The Morgan fingerprint density at radius 3 is 0.898 bits per heavy atom. The van der Waals surface area contributed by atoms with Gasteiger partial charge >= 0.3 is 384 Å². The second-order valence-corrected chi connectivity index (χ2v) is 31.1. The molecule has 14 aromatic rings. The van der Waals surface area contributed by atoms with Gasteiger partial charge in [-0.25, -0.2) is 0 Å². The number of benzene rings is 7. The molecule has 0 saturated heterocycles. The van der Waals surface area contributed by atoms with Crippen molar-refractivity contribution in [1.82, 2.24) is 34.9 Å². The fourth-order valence-corrected chi connectivity index (χ4v) is 17.7. The van der Waals surface area contributed by atoms with E-state index in [1.54, 1.807) is 39.4 Å². The Bertz CT molecular complexity index is 4940. The van der Waals surface area contributed by atoms with Crippen molar-refractivity contribution in [2.75, 3.05) is 0 Å². The fraction of sp³-hybridized carbons (Fsp3) is 0.156. The van der Waals surface area contributed by atoms with Crippen molar-refractivity contribution in [2.45, 2.75) is 76.2 Å². The molecular formula is C77H68AlGa2N7O11. The molecule has 0 N–H and O–H groups in total. The number of fused-ring (bicyclic) bond motifs is 7. The molecule has 18 nitrogen and oxygen atoms in total. The maximum Gasteiger partial charge on any atom is 1.20 e. The van der Waals surface area contributed by atoms with Gasteiger partial charge in [-0.2, -0.15) is 0 Å². The summed E-state index contributed by atoms with van der Waals surface area (Å²) < 4.78 is 55.6. The standard InChI is InChI=1S/7C10H9NO.C5H10O2.C2H4O2.Al.2Ga/c3*1-7-5-6-11-10-8(7)3-2-4-9(10)12;4*1-7-5-6-8-3-2-4-9(12)10(8)11-7;1-5(2,3)4(6)7;1-2(3)4;;;/h7*2-6,12H,1H3;1-3H3,(H,6,7);1H3,(H,3,4);;;/q;;;;;;;;;3*+3/p-9. The molecular weight excluding hydrogens is 1370 g/mol. The van der Waals surface area contributed by atoms with Crippen molar-refractivity contribution in [1.29, 1.82) is 0 Å². The summed E-state index contributed by atoms with van der Waals surface area (Å²) in [6.07, 6.45) is 5.37. The second-order valence-electron chi connectivity index (χ2n) is 24.4. The largest absolute Gasteiger partial charge is 1.20 e. The van der Waals surface area contributed by atoms with Gasteiger partial charge in [-0.15, -0.1) is 0 Å². The van der Waals surface area contributed by atoms with Crippen LogP contribution < -0.4 is 25.5 Å². The molecule has 0 aliphatic heterocycles. The predicted molar refractivity (Wildman–Crippen MR) is 384 cm³/mol. The van der Waals surface area contributed by atoms with Gasteiger partial charge in [0.25, 0.3) is 0 Å². The molecule has 14 rings (SSSR count). The minimum absolute atomic E-state index is 0.365. The summed E-state index contributed by atoms with van der Waals surface area (Å²) in [7, 11) is 0. The van der Waals surface area contributed by atoms with Crippen LogP contribution in [0.25, 0.3) is 76.3 Å². The first-order valence-electron chi connectivity index (χ1n) is 31.8. The SMILES string of the molecule is CC(=O)[O][Ga]([O]c1cccc2ccc(C)nc12)[O]c1cccc2ccc(C)nc12.Cc1ccc2cccc([O][Ga]([O]C(=O)C(C)(C)C)[O]c3cccc4ccc(C)nc34)c2n1.Cc1ccnc2c([O][Al]([O]c3cccc4c(C)ccnc34)[O]c3cccc4c(C)ccnc34)cccc12. The Balaban J connectivity index is 0.000000141. The third-order valence-corrected chi connectivity index (χ3v) is 22.8. The molecule has 0 bridgehead atoms. The first-order chi connectivity index (χ1) is 47.3. The molecule has 486 valence electrons. The van der Waals surface area contributed by atoms with Crippen LogP contribution in [0.15, 0.2) is 213 Å². The van der Waals surface area contributed by atoms with Crippen LogP contribution in [0, 0.1) is 53.9 Å². The van der Waals surface area contributed by atoms with Gasteiger partial charge < -0.3 is 11.4 Å². The summed E-state index contributed by atoms with van der Waals surface area (Å²) in [4.78, 5) is 56.6. The van der Waals surface area contributed by atoms with Crippen LogP contribution in [0.3, 0.4) is 0 Å². The number of carbonyl (C=O) groups excluding carboxylic acids is 2. The van der Waals surface area contributed by atoms with Gasteiger partial charge in [0, 0.05) is 34.7 Å². The minimum Gasteiger partial charge on any atom is -0.576 e. The Morgan fingerprint density at radius 2 is 0.612 bits per heavy atom. The van der Waals surface area contributed by atoms with Crippen molar-refractivity contribution in [3.8, 4) is 40.2 Å². The van der Waals surface area contributed by atoms with Crippen LogP contribution >= 0.6 is 0 Å². The normalized spacial score (nSPS) is 11.1. The average Bonchev–Trinajstić information content (AvgIpc) is 0.815. The van der Waals surface area contributed by atoms with E-state index in [0.717, 1.165) is 93.7 Å². The van der Waals surface area contributed by atoms with Crippen LogP contribution in [0.2, 0.25) is 0 Å². The summed E-state index contributed by atoms with van der Waals surface area (Å²) in [5.41, 5.74) is 11.3. The van der Waals surface area contributed by atoms with Crippen LogP contribution in [0.5, 0.6) is 40.2 Å². The van der Waals surface area contributed by atoms with E-state index in [-0.39, 0.29) is 5.97 Å². The molecule has 0 aliphatic rings. The van der Waals surface area contributed by atoms with E-state index in [2.05, 4.69) is 55.7 Å². The van der Waals surface area contributed by atoms with Gasteiger partial charge in [0.15, 0.2) is 0 Å². The van der Waals surface area contributed by atoms with E-state index in [1.165, 1.54) is 6.92 Å². The van der Waals surface area contributed by atoms with Crippen LogP contribution in [0.4, 0.5) is 0 Å². The van der Waals surface area contributed by atoms with Crippen molar-refractivity contribution < 1.29 is 42.1 Å². The number of para-hydroxylation sites is 7. The van der Waals surface area contributed by atoms with Crippen molar-refractivity contribution >= 4 is 138 Å². The molecule has 7 aromatic heterocycles. The van der Waals surface area contributed by atoms with Gasteiger partial charge in [-0.05, 0) is 73.9 Å². The quantitative estimate of drug-likeness (QED) is 0.0824. The number of nitrogens with zero attached hydrogens (tertiary/aromatic N) is 7. The molecule has 7 aromatic carbocycles. The van der Waals surface area contributed by atoms with Crippen LogP contribution in [-0.4, -0.2) is 96.6 Å². The maximum absolute atomic E-state index is 12.7. The Morgan fingerprint density at radius 1 is 0.337 bits per heavy atom. The van der Waals surface area contributed by atoms with E-state index in [0.29, 0.717) is 62.3 Å². The number of rotatable bonds is 16. The number of aryl methyl sites for hydroxylation is 7. The maximum atomic E-state index is 12.7. The number of pyridine rings is 7. The van der Waals surface area contributed by atoms with Gasteiger partial charge in [0.1, 0.15) is 33.8 Å². The van der Waals surface area contributed by atoms with Crippen LogP contribution in [0.1, 0.15) is 67.2 Å². The van der Waals surface area contributed by atoms with Crippen molar-refractivity contribution in [3.63, 3.8) is 0 Å². The first kappa shape index (κ1) is 67.7. The molecule has 0 amide bonds. The summed E-state index contributed by atoms with van der Waals surface area (Å²) in [6, 6.07) is 62.1. The van der Waals surface area contributed by atoms with Gasteiger partial charge in [-0.3, -0.25) is 15.0 Å². The smallest absolute Gasteiger partial charge is 0.576 e. The third kappa shape index (κ3) is 16.1. The summed E-state index contributed by atoms with van der Waals surface area (Å²) >= 11 is -10.0. The fourth-order valence-electron chi connectivity index (χ4n) is 10.7. The van der Waals surface area contributed by atoms with E-state index in [4.69, 9.17) is 32.5 Å². The molecule has 0 radical (unpaired) electrons. The summed E-state index contributed by atoms with van der Waals surface area (Å²) in [5.74, 6) is 3.22. The minimum atomic E-state index is -3.62. The van der Waals surface area contributed by atoms with Gasteiger partial charge in [-0.1, -0.05) is 36.4 Å². The zero-order valence-electron chi connectivity index (χ0n) is 56.1. The molecule has 0 fully saturated rings. The van der Waals surface area contributed by atoms with Crippen molar-refractivity contribution in [3.05, 3.63) is 252 Å². The third-order valence-electron chi connectivity index (χ3n) is 15.8. The van der Waals surface area contributed by atoms with Gasteiger partial charge in [0.05, 0.1) is 0 Å². The number of hydrogen-bond donors (Lipinski definition) is 0. The average molecular weight is 1430 g/mol. The zero-order chi connectivity index (χ0) is 68.6. The van der Waals surface area contributed by atoms with Gasteiger partial charge in [0.2, 0.25) is 0 Å². The summed E-state index contributed by atoms with van der Waals surface area (Å²) in [6.45, 7) is 20.6. The van der Waals surface area contributed by atoms with E-state index in [1.807, 2.05) is 222 Å². The Labute approximate surface area is 584 Å². The van der Waals surface area contributed by atoms with E-state index in [9.17, 15) is 9.59 Å². The number of hydrogen-bond acceptors (Lipinski definition) is 18. The van der Waals surface area contributed by atoms with Crippen LogP contribution in [-0.2, 0) is 16.6 Å². The molecule has 0 unspecified atom stereocenters. The monoisotopic (exact) mass is 1430 g/mol. The molecule has 0 saturated carbocycles. The second kappa shape index (κ2) is 30.0. The molecule has 0 atom stereocenters. The molecule has 0 aliphatic carbocycles. The molecule has 0 spiro atoms. The van der Waals surface area contributed by atoms with E-state index >= 15 is 0 Å². The number of aromatic nitrogens is 7. The number of carbonyl (C=O) groups is 2. The Kier molecular flexibility index (Phi) is 20.8.